The molecule has 4 heteroatoms. The average Bonchev–Trinajstić information content (AvgIpc) is 2.13. The van der Waals surface area contributed by atoms with Gasteiger partial charge in [0.05, 0.1) is 6.20 Å². The molecule has 1 aliphatic carbocycles. The highest BCUT2D eigenvalue weighted by molar-refractivity contribution is 5.33. The van der Waals surface area contributed by atoms with Crippen LogP contribution in [0.3, 0.4) is 0 Å². The summed E-state index contributed by atoms with van der Waals surface area (Å²) in [6, 6.07) is 3.43. The Labute approximate surface area is 82.5 Å². The van der Waals surface area contributed by atoms with Crippen LogP contribution in [0.15, 0.2) is 18.3 Å². The lowest BCUT2D eigenvalue weighted by molar-refractivity contribution is 0.280. The first kappa shape index (κ1) is 9.40. The number of hydrogen-bond acceptors (Lipinski definition) is 3. The van der Waals surface area contributed by atoms with E-state index in [4.69, 9.17) is 5.73 Å². The fraction of sp³-hybridized carbons (Fsp3) is 0.500. The SMILES string of the molecule is NC1CC(CNc2ccc(F)cn2)C1. The van der Waals surface area contributed by atoms with Gasteiger partial charge >= 0.3 is 0 Å². The van der Waals surface area contributed by atoms with Crippen LogP contribution < -0.4 is 11.1 Å². The summed E-state index contributed by atoms with van der Waals surface area (Å²) in [6.07, 6.45) is 3.37. The van der Waals surface area contributed by atoms with Gasteiger partial charge in [-0.1, -0.05) is 0 Å². The van der Waals surface area contributed by atoms with Crippen molar-refractivity contribution in [3.05, 3.63) is 24.1 Å². The van der Waals surface area contributed by atoms with E-state index in [1.165, 1.54) is 12.3 Å². The molecule has 0 spiro atoms. The van der Waals surface area contributed by atoms with E-state index >= 15 is 0 Å². The monoisotopic (exact) mass is 195 g/mol. The van der Waals surface area contributed by atoms with Gasteiger partial charge < -0.3 is 11.1 Å². The van der Waals surface area contributed by atoms with Crippen LogP contribution in [0.2, 0.25) is 0 Å². The van der Waals surface area contributed by atoms with Crippen LogP contribution in [0.5, 0.6) is 0 Å². The highest BCUT2D eigenvalue weighted by Gasteiger charge is 2.25. The number of halogens is 1. The lowest BCUT2D eigenvalue weighted by atomic mass is 9.81. The van der Waals surface area contributed by atoms with Crippen molar-refractivity contribution < 1.29 is 4.39 Å². The van der Waals surface area contributed by atoms with Crippen molar-refractivity contribution in [2.45, 2.75) is 18.9 Å². The van der Waals surface area contributed by atoms with Gasteiger partial charge in [0, 0.05) is 12.6 Å². The molecule has 0 unspecified atom stereocenters. The van der Waals surface area contributed by atoms with Crippen LogP contribution in [0, 0.1) is 11.7 Å². The molecule has 3 N–H and O–H groups in total. The van der Waals surface area contributed by atoms with Crippen molar-refractivity contribution in [3.63, 3.8) is 0 Å². The molecule has 1 aromatic heterocycles. The van der Waals surface area contributed by atoms with Crippen LogP contribution in [-0.4, -0.2) is 17.6 Å². The number of aromatic nitrogens is 1. The Morgan fingerprint density at radius 2 is 2.29 bits per heavy atom. The van der Waals surface area contributed by atoms with E-state index in [9.17, 15) is 4.39 Å². The molecule has 0 atom stereocenters. The third-order valence-corrected chi connectivity index (χ3v) is 2.57. The molecule has 2 rings (SSSR count). The van der Waals surface area contributed by atoms with Crippen LogP contribution in [0.25, 0.3) is 0 Å². The molecule has 1 heterocycles. The summed E-state index contributed by atoms with van der Waals surface area (Å²) >= 11 is 0. The van der Waals surface area contributed by atoms with E-state index in [1.807, 2.05) is 0 Å². The molecule has 0 aromatic carbocycles. The van der Waals surface area contributed by atoms with Gasteiger partial charge in [0.2, 0.25) is 0 Å². The molecule has 0 saturated heterocycles. The standard InChI is InChI=1S/C10H14FN3/c11-8-1-2-10(14-6-8)13-5-7-3-9(12)4-7/h1-2,6-7,9H,3-5,12H2,(H,13,14). The molecular formula is C10H14FN3. The minimum absolute atomic E-state index is 0.304. The number of nitrogens with two attached hydrogens (primary N) is 1. The summed E-state index contributed by atoms with van der Waals surface area (Å²) in [4.78, 5) is 3.91. The maximum Gasteiger partial charge on any atom is 0.141 e. The Hall–Kier alpha value is -1.16. The predicted octanol–water partition coefficient (Wildman–Crippen LogP) is 1.37. The molecule has 0 amide bonds. The van der Waals surface area contributed by atoms with Gasteiger partial charge in [0.15, 0.2) is 0 Å². The fourth-order valence-corrected chi connectivity index (χ4v) is 1.68. The topological polar surface area (TPSA) is 50.9 Å². The van der Waals surface area contributed by atoms with Crippen LogP contribution in [0.1, 0.15) is 12.8 Å². The summed E-state index contributed by atoms with van der Waals surface area (Å²) < 4.78 is 12.5. The van der Waals surface area contributed by atoms with E-state index in [2.05, 4.69) is 10.3 Å². The van der Waals surface area contributed by atoms with Crippen molar-refractivity contribution >= 4 is 5.82 Å². The molecule has 1 aromatic rings. The van der Waals surface area contributed by atoms with Gasteiger partial charge in [0.25, 0.3) is 0 Å². The minimum Gasteiger partial charge on any atom is -0.370 e. The minimum atomic E-state index is -0.304. The second kappa shape index (κ2) is 3.92. The lowest BCUT2D eigenvalue weighted by Gasteiger charge is -2.32. The Balaban J connectivity index is 1.78. The second-order valence-corrected chi connectivity index (χ2v) is 3.84. The normalized spacial score (nSPS) is 25.6. The Bertz CT molecular complexity index is 293. The van der Waals surface area contributed by atoms with Gasteiger partial charge in [-0.2, -0.15) is 0 Å². The van der Waals surface area contributed by atoms with Crippen molar-refractivity contribution in [2.75, 3.05) is 11.9 Å². The summed E-state index contributed by atoms with van der Waals surface area (Å²) in [5, 5.41) is 3.16. The summed E-state index contributed by atoms with van der Waals surface area (Å²) in [5.74, 6) is 1.07. The van der Waals surface area contributed by atoms with Crippen molar-refractivity contribution in [3.8, 4) is 0 Å². The van der Waals surface area contributed by atoms with Crippen molar-refractivity contribution in [1.82, 2.24) is 4.98 Å². The summed E-state index contributed by atoms with van der Waals surface area (Å²) in [6.45, 7) is 0.881. The van der Waals surface area contributed by atoms with E-state index < -0.39 is 0 Å². The zero-order valence-electron chi connectivity index (χ0n) is 7.91. The third-order valence-electron chi connectivity index (χ3n) is 2.57. The summed E-state index contributed by atoms with van der Waals surface area (Å²) in [5.41, 5.74) is 5.66. The molecule has 1 fully saturated rings. The molecule has 14 heavy (non-hydrogen) atoms. The van der Waals surface area contributed by atoms with Crippen LogP contribution in [0.4, 0.5) is 10.2 Å². The molecule has 3 nitrogen and oxygen atoms in total. The Morgan fingerprint density at radius 3 is 2.86 bits per heavy atom. The molecular weight excluding hydrogens is 181 g/mol. The van der Waals surface area contributed by atoms with E-state index in [1.54, 1.807) is 6.07 Å². The van der Waals surface area contributed by atoms with E-state index in [-0.39, 0.29) is 5.82 Å². The Kier molecular flexibility index (Phi) is 2.63. The molecule has 0 radical (unpaired) electrons. The fourth-order valence-electron chi connectivity index (χ4n) is 1.68. The predicted molar refractivity (Wildman–Crippen MR) is 53.4 cm³/mol. The highest BCUT2D eigenvalue weighted by Crippen LogP contribution is 2.25. The van der Waals surface area contributed by atoms with Crippen molar-refractivity contribution in [1.29, 1.82) is 0 Å². The zero-order valence-corrected chi connectivity index (χ0v) is 7.91. The van der Waals surface area contributed by atoms with Gasteiger partial charge in [-0.3, -0.25) is 0 Å². The van der Waals surface area contributed by atoms with Crippen molar-refractivity contribution in [2.24, 2.45) is 11.7 Å². The number of anilines is 1. The number of nitrogens with one attached hydrogen (secondary N) is 1. The lowest BCUT2D eigenvalue weighted by Crippen LogP contribution is -2.39. The van der Waals surface area contributed by atoms with E-state index in [0.29, 0.717) is 12.0 Å². The third kappa shape index (κ3) is 2.20. The quantitative estimate of drug-likeness (QED) is 0.765. The van der Waals surface area contributed by atoms with Crippen LogP contribution in [-0.2, 0) is 0 Å². The highest BCUT2D eigenvalue weighted by atomic mass is 19.1. The van der Waals surface area contributed by atoms with Gasteiger partial charge in [-0.05, 0) is 30.9 Å². The first-order valence-electron chi connectivity index (χ1n) is 4.85. The number of hydrogen-bond donors (Lipinski definition) is 2. The number of pyridine rings is 1. The second-order valence-electron chi connectivity index (χ2n) is 3.84. The zero-order chi connectivity index (χ0) is 9.97. The van der Waals surface area contributed by atoms with Gasteiger partial charge in [0.1, 0.15) is 11.6 Å². The maximum atomic E-state index is 12.5. The smallest absolute Gasteiger partial charge is 0.141 e. The number of nitrogens with zero attached hydrogens (tertiary/aromatic N) is 1. The Morgan fingerprint density at radius 1 is 1.50 bits per heavy atom. The maximum absolute atomic E-state index is 12.5. The molecule has 0 bridgehead atoms. The van der Waals surface area contributed by atoms with Crippen LogP contribution >= 0.6 is 0 Å². The molecule has 76 valence electrons. The molecule has 1 aliphatic rings. The average molecular weight is 195 g/mol. The van der Waals surface area contributed by atoms with E-state index in [0.717, 1.165) is 25.2 Å². The number of rotatable bonds is 3. The summed E-state index contributed by atoms with van der Waals surface area (Å²) in [7, 11) is 0. The first-order chi connectivity index (χ1) is 6.74. The van der Waals surface area contributed by atoms with Gasteiger partial charge in [-0.15, -0.1) is 0 Å². The largest absolute Gasteiger partial charge is 0.370 e. The van der Waals surface area contributed by atoms with Gasteiger partial charge in [-0.25, -0.2) is 9.37 Å². The first-order valence-corrected chi connectivity index (χ1v) is 4.85. The molecule has 1 saturated carbocycles. The molecule has 0 aliphatic heterocycles.